The summed E-state index contributed by atoms with van der Waals surface area (Å²) in [6.45, 7) is 23.0. The molecule has 1 fully saturated rings. The van der Waals surface area contributed by atoms with Gasteiger partial charge in [-0.15, -0.1) is 0 Å². The standard InChI is InChI=1S/C23H45N3O5Si2/c1-22(2,3)32(7,8)29-16-18-17(31-33(9,10)23(4,5)6)15-20(30-18)26-13-11-19(24-12-14-27)25-21(26)28/h11,13,17-18,20,27H,12,14-16H2,1-10H3,(H,24,25,28)/t17-,18+,20+/m0/s1. The quantitative estimate of drug-likeness (QED) is 0.488. The van der Waals surface area contributed by atoms with Gasteiger partial charge in [0.1, 0.15) is 18.1 Å². The zero-order valence-corrected chi connectivity index (χ0v) is 24.2. The first-order valence-corrected chi connectivity index (χ1v) is 17.7. The molecule has 1 aliphatic heterocycles. The minimum atomic E-state index is -2.05. The van der Waals surface area contributed by atoms with E-state index in [4.69, 9.17) is 18.7 Å². The fourth-order valence-electron chi connectivity index (χ4n) is 3.12. The molecule has 2 N–H and O–H groups in total. The molecular weight excluding hydrogens is 454 g/mol. The lowest BCUT2D eigenvalue weighted by Gasteiger charge is -2.40. The molecule has 1 aromatic rings. The van der Waals surface area contributed by atoms with E-state index in [1.807, 2.05) is 0 Å². The van der Waals surface area contributed by atoms with Crippen LogP contribution in [0.5, 0.6) is 0 Å². The average Bonchev–Trinajstić information content (AvgIpc) is 3.04. The Morgan fingerprint density at radius 2 is 1.76 bits per heavy atom. The number of aromatic nitrogens is 2. The summed E-state index contributed by atoms with van der Waals surface area (Å²) < 4.78 is 21.2. The van der Waals surface area contributed by atoms with Gasteiger partial charge in [0.15, 0.2) is 16.6 Å². The van der Waals surface area contributed by atoms with E-state index >= 15 is 0 Å². The smallest absolute Gasteiger partial charge is 0.351 e. The van der Waals surface area contributed by atoms with Crippen molar-refractivity contribution < 1.29 is 18.7 Å². The highest BCUT2D eigenvalue weighted by molar-refractivity contribution is 6.74. The number of nitrogens with zero attached hydrogens (tertiary/aromatic N) is 2. The van der Waals surface area contributed by atoms with Gasteiger partial charge in [0.05, 0.1) is 19.3 Å². The summed E-state index contributed by atoms with van der Waals surface area (Å²) in [5.41, 5.74) is -0.389. The molecule has 0 spiro atoms. The van der Waals surface area contributed by atoms with E-state index < -0.39 is 22.9 Å². The highest BCUT2D eigenvalue weighted by Gasteiger charge is 2.46. The topological polar surface area (TPSA) is 94.8 Å². The molecule has 33 heavy (non-hydrogen) atoms. The van der Waals surface area contributed by atoms with Crippen LogP contribution < -0.4 is 11.0 Å². The molecule has 0 aromatic carbocycles. The van der Waals surface area contributed by atoms with Crippen LogP contribution in [0.15, 0.2) is 17.1 Å². The average molecular weight is 500 g/mol. The van der Waals surface area contributed by atoms with Crippen LogP contribution in [0.1, 0.15) is 54.2 Å². The van der Waals surface area contributed by atoms with Crippen LogP contribution in [-0.4, -0.2) is 63.3 Å². The van der Waals surface area contributed by atoms with Crippen molar-refractivity contribution in [3.05, 3.63) is 22.7 Å². The summed E-state index contributed by atoms with van der Waals surface area (Å²) in [6.07, 6.45) is 1.40. The van der Waals surface area contributed by atoms with E-state index in [2.05, 4.69) is 78.0 Å². The van der Waals surface area contributed by atoms with Gasteiger partial charge < -0.3 is 24.0 Å². The zero-order valence-electron chi connectivity index (χ0n) is 22.2. The summed E-state index contributed by atoms with van der Waals surface area (Å²) in [4.78, 5) is 16.8. The highest BCUT2D eigenvalue weighted by atomic mass is 28.4. The molecular formula is C23H45N3O5Si2. The van der Waals surface area contributed by atoms with Crippen molar-refractivity contribution in [2.24, 2.45) is 0 Å². The van der Waals surface area contributed by atoms with Crippen molar-refractivity contribution >= 4 is 22.5 Å². The van der Waals surface area contributed by atoms with E-state index in [1.165, 1.54) is 4.57 Å². The van der Waals surface area contributed by atoms with Gasteiger partial charge in [0.25, 0.3) is 0 Å². The van der Waals surface area contributed by atoms with Gasteiger partial charge in [-0.3, -0.25) is 4.57 Å². The molecule has 8 nitrogen and oxygen atoms in total. The summed E-state index contributed by atoms with van der Waals surface area (Å²) in [5, 5.41) is 12.1. The summed E-state index contributed by atoms with van der Waals surface area (Å²) in [5.74, 6) is 0.440. The van der Waals surface area contributed by atoms with E-state index in [0.717, 1.165) is 0 Å². The van der Waals surface area contributed by atoms with Crippen molar-refractivity contribution in [1.29, 1.82) is 0 Å². The van der Waals surface area contributed by atoms with Crippen LogP contribution in [0.4, 0.5) is 5.82 Å². The van der Waals surface area contributed by atoms with Gasteiger partial charge in [0.2, 0.25) is 0 Å². The molecule has 1 aliphatic rings. The van der Waals surface area contributed by atoms with Crippen LogP contribution in [0.25, 0.3) is 0 Å². The second-order valence-corrected chi connectivity index (χ2v) is 21.6. The predicted octanol–water partition coefficient (Wildman–Crippen LogP) is 4.35. The van der Waals surface area contributed by atoms with E-state index in [9.17, 15) is 4.79 Å². The molecule has 2 rings (SSSR count). The van der Waals surface area contributed by atoms with E-state index in [0.29, 0.717) is 25.4 Å². The SMILES string of the molecule is CC(C)(C)[Si](C)(C)OC[C@H]1O[C@@H](n2ccc(NCCO)nc2=O)C[C@@H]1O[Si](C)(C)C(C)(C)C. The van der Waals surface area contributed by atoms with Crippen molar-refractivity contribution in [2.75, 3.05) is 25.1 Å². The third-order valence-electron chi connectivity index (χ3n) is 7.41. The Morgan fingerprint density at radius 1 is 1.15 bits per heavy atom. The van der Waals surface area contributed by atoms with Crippen molar-refractivity contribution in [1.82, 2.24) is 9.55 Å². The van der Waals surface area contributed by atoms with Crippen molar-refractivity contribution in [3.8, 4) is 0 Å². The van der Waals surface area contributed by atoms with Gasteiger partial charge in [-0.05, 0) is 42.3 Å². The number of nitrogens with one attached hydrogen (secondary N) is 1. The second kappa shape index (κ2) is 10.3. The van der Waals surface area contributed by atoms with Crippen molar-refractivity contribution in [3.63, 3.8) is 0 Å². The summed E-state index contributed by atoms with van der Waals surface area (Å²) >= 11 is 0. The summed E-state index contributed by atoms with van der Waals surface area (Å²) in [7, 11) is -4.02. The Labute approximate surface area is 201 Å². The third-order valence-corrected chi connectivity index (χ3v) is 16.4. The maximum Gasteiger partial charge on any atom is 0.351 e. The van der Waals surface area contributed by atoms with Crippen LogP contribution in [0.2, 0.25) is 36.3 Å². The predicted molar refractivity (Wildman–Crippen MR) is 138 cm³/mol. The molecule has 2 heterocycles. The minimum absolute atomic E-state index is 0.0289. The lowest BCUT2D eigenvalue weighted by molar-refractivity contribution is -0.0411. The fraction of sp³-hybridized carbons (Fsp3) is 0.826. The third kappa shape index (κ3) is 6.98. The number of aliphatic hydroxyl groups is 1. The second-order valence-electron chi connectivity index (χ2n) is 12.0. The molecule has 0 radical (unpaired) electrons. The first-order chi connectivity index (χ1) is 15.0. The number of aliphatic hydroxyl groups excluding tert-OH is 1. The molecule has 0 saturated carbocycles. The van der Waals surface area contributed by atoms with Crippen LogP contribution in [0.3, 0.4) is 0 Å². The van der Waals surface area contributed by atoms with Gasteiger partial charge in [0, 0.05) is 19.2 Å². The molecule has 3 atom stereocenters. The lowest BCUT2D eigenvalue weighted by Crippen LogP contribution is -2.48. The van der Waals surface area contributed by atoms with Crippen molar-refractivity contribution in [2.45, 2.75) is 103 Å². The van der Waals surface area contributed by atoms with E-state index in [-0.39, 0.29) is 34.6 Å². The Balaban J connectivity index is 2.26. The first kappa shape index (κ1) is 28.2. The van der Waals surface area contributed by atoms with Crippen LogP contribution in [-0.2, 0) is 13.6 Å². The molecule has 0 bridgehead atoms. The minimum Gasteiger partial charge on any atom is -0.414 e. The van der Waals surface area contributed by atoms with Gasteiger partial charge >= 0.3 is 5.69 Å². The van der Waals surface area contributed by atoms with Gasteiger partial charge in [-0.1, -0.05) is 41.5 Å². The summed E-state index contributed by atoms with van der Waals surface area (Å²) in [6, 6.07) is 1.73. The Hall–Kier alpha value is -1.05. The number of anilines is 1. The Morgan fingerprint density at radius 3 is 2.27 bits per heavy atom. The molecule has 0 aliphatic carbocycles. The fourth-order valence-corrected chi connectivity index (χ4v) is 5.49. The van der Waals surface area contributed by atoms with E-state index in [1.54, 1.807) is 12.3 Å². The molecule has 0 amide bonds. The first-order valence-electron chi connectivity index (χ1n) is 11.9. The lowest BCUT2D eigenvalue weighted by atomic mass is 10.2. The molecule has 1 aromatic heterocycles. The number of hydrogen-bond acceptors (Lipinski definition) is 7. The molecule has 0 unspecified atom stereocenters. The number of ether oxygens (including phenoxy) is 1. The molecule has 1 saturated heterocycles. The Kier molecular flexibility index (Phi) is 8.79. The Bertz CT molecular complexity index is 846. The zero-order chi connectivity index (χ0) is 25.2. The normalized spacial score (nSPS) is 22.6. The van der Waals surface area contributed by atoms with Crippen LogP contribution in [0, 0.1) is 0 Å². The maximum atomic E-state index is 12.7. The molecule has 190 valence electrons. The monoisotopic (exact) mass is 499 g/mol. The number of hydrogen-bond donors (Lipinski definition) is 2. The maximum absolute atomic E-state index is 12.7. The molecule has 10 heteroatoms. The number of rotatable bonds is 9. The van der Waals surface area contributed by atoms with Crippen LogP contribution >= 0.6 is 0 Å². The largest absolute Gasteiger partial charge is 0.414 e. The van der Waals surface area contributed by atoms with Gasteiger partial charge in [-0.25, -0.2) is 4.79 Å². The van der Waals surface area contributed by atoms with Gasteiger partial charge in [-0.2, -0.15) is 4.98 Å². The highest BCUT2D eigenvalue weighted by Crippen LogP contribution is 2.42.